The van der Waals surface area contributed by atoms with Crippen molar-refractivity contribution in [3.05, 3.63) is 94.5 Å². The topological polar surface area (TPSA) is 125 Å². The molecule has 0 saturated carbocycles. The Labute approximate surface area is 230 Å². The second kappa shape index (κ2) is 14.4. The fourth-order valence-corrected chi connectivity index (χ4v) is 3.44. The number of rotatable bonds is 13. The lowest BCUT2D eigenvalue weighted by atomic mass is 10.1. The maximum Gasteiger partial charge on any atom is 0.338 e. The molecule has 0 aliphatic heterocycles. The van der Waals surface area contributed by atoms with Crippen LogP contribution in [0.3, 0.4) is 0 Å². The average molecular weight is 552 g/mol. The van der Waals surface area contributed by atoms with E-state index in [-0.39, 0.29) is 42.3 Å². The second-order valence-corrected chi connectivity index (χ2v) is 8.73. The smallest absolute Gasteiger partial charge is 0.338 e. The van der Waals surface area contributed by atoms with Gasteiger partial charge in [0.25, 0.3) is 0 Å². The number of carbonyl (C=O) groups excluding carboxylic acids is 5. The molecule has 3 rings (SSSR count). The summed E-state index contributed by atoms with van der Waals surface area (Å²) in [5.74, 6) is -1.69. The highest BCUT2D eigenvalue weighted by atomic mass is 35.5. The molecule has 3 aromatic rings. The van der Waals surface area contributed by atoms with E-state index in [1.165, 1.54) is 31.4 Å². The summed E-state index contributed by atoms with van der Waals surface area (Å²) in [7, 11) is 1.52. The van der Waals surface area contributed by atoms with Crippen LogP contribution in [-0.4, -0.2) is 49.7 Å². The Hall–Kier alpha value is -4.50. The zero-order valence-corrected chi connectivity index (χ0v) is 21.9. The molecule has 0 atom stereocenters. The van der Waals surface area contributed by atoms with Crippen LogP contribution in [-0.2, 0) is 19.1 Å². The highest BCUT2D eigenvalue weighted by Crippen LogP contribution is 2.14. The number of esters is 2. The summed E-state index contributed by atoms with van der Waals surface area (Å²) < 4.78 is 15.1. The van der Waals surface area contributed by atoms with E-state index in [0.29, 0.717) is 27.6 Å². The molecule has 39 heavy (non-hydrogen) atoms. The first-order valence-corrected chi connectivity index (χ1v) is 12.3. The summed E-state index contributed by atoms with van der Waals surface area (Å²) in [6, 6.07) is 18.7. The van der Waals surface area contributed by atoms with Gasteiger partial charge in [-0.05, 0) is 79.2 Å². The van der Waals surface area contributed by atoms with Crippen LogP contribution in [0.5, 0.6) is 5.75 Å². The molecule has 0 fully saturated rings. The zero-order chi connectivity index (χ0) is 28.2. The predicted molar refractivity (Wildman–Crippen MR) is 143 cm³/mol. The minimum Gasteiger partial charge on any atom is -0.497 e. The van der Waals surface area contributed by atoms with Gasteiger partial charge in [0.2, 0.25) is 5.91 Å². The highest BCUT2D eigenvalue weighted by Gasteiger charge is 2.14. The van der Waals surface area contributed by atoms with Crippen LogP contribution < -0.4 is 10.1 Å². The van der Waals surface area contributed by atoms with Crippen molar-refractivity contribution in [2.75, 3.05) is 25.6 Å². The van der Waals surface area contributed by atoms with Gasteiger partial charge in [-0.1, -0.05) is 11.6 Å². The lowest BCUT2D eigenvalue weighted by Gasteiger charge is -2.08. The van der Waals surface area contributed by atoms with Crippen molar-refractivity contribution < 1.29 is 38.2 Å². The lowest BCUT2D eigenvalue weighted by molar-refractivity contribution is -0.142. The number of ether oxygens (including phenoxy) is 3. The molecule has 1 N–H and O–H groups in total. The number of halogens is 1. The highest BCUT2D eigenvalue weighted by molar-refractivity contribution is 6.30. The van der Waals surface area contributed by atoms with Gasteiger partial charge in [-0.2, -0.15) is 0 Å². The molecule has 0 aliphatic rings. The van der Waals surface area contributed by atoms with Crippen molar-refractivity contribution in [2.24, 2.45) is 0 Å². The van der Waals surface area contributed by atoms with E-state index in [4.69, 9.17) is 25.8 Å². The number of nitrogens with one attached hydrogen (secondary N) is 1. The third-order valence-electron chi connectivity index (χ3n) is 5.47. The molecule has 9 nitrogen and oxygen atoms in total. The summed E-state index contributed by atoms with van der Waals surface area (Å²) in [5, 5.41) is 3.16. The number of anilines is 1. The monoisotopic (exact) mass is 551 g/mol. The molecule has 0 aliphatic carbocycles. The quantitative estimate of drug-likeness (QED) is 0.234. The van der Waals surface area contributed by atoms with Gasteiger partial charge in [-0.15, -0.1) is 0 Å². The van der Waals surface area contributed by atoms with Gasteiger partial charge in [0.1, 0.15) is 5.75 Å². The molecule has 0 heterocycles. The molecule has 0 saturated heterocycles. The largest absolute Gasteiger partial charge is 0.497 e. The number of Topliss-reactive ketones (excluding diaryl/α,β-unsaturated/α-hetero) is 2. The zero-order valence-electron chi connectivity index (χ0n) is 21.1. The van der Waals surface area contributed by atoms with Crippen LogP contribution in [0.4, 0.5) is 5.69 Å². The van der Waals surface area contributed by atoms with Crippen LogP contribution in [0.1, 0.15) is 50.3 Å². The van der Waals surface area contributed by atoms with Gasteiger partial charge in [0.15, 0.2) is 24.8 Å². The SMILES string of the molecule is COc1ccc(C(=O)COC(=O)c2ccc(NC(=O)CCCC(=O)OCC(=O)c3ccc(Cl)cc3)cc2)cc1. The third-order valence-corrected chi connectivity index (χ3v) is 5.72. The molecule has 0 spiro atoms. The Kier molecular flexibility index (Phi) is 10.8. The molecular formula is C29H26ClNO8. The lowest BCUT2D eigenvalue weighted by Crippen LogP contribution is -2.16. The molecule has 0 unspecified atom stereocenters. The van der Waals surface area contributed by atoms with E-state index in [1.807, 2.05) is 0 Å². The molecule has 3 aromatic carbocycles. The number of hydrogen-bond donors (Lipinski definition) is 1. The molecule has 202 valence electrons. The minimum absolute atomic E-state index is 0.0264. The Balaban J connectivity index is 1.35. The maximum atomic E-state index is 12.3. The summed E-state index contributed by atoms with van der Waals surface area (Å²) >= 11 is 5.78. The Morgan fingerprint density at radius 1 is 0.692 bits per heavy atom. The minimum atomic E-state index is -0.678. The predicted octanol–water partition coefficient (Wildman–Crippen LogP) is 4.92. The van der Waals surface area contributed by atoms with Crippen molar-refractivity contribution in [2.45, 2.75) is 19.3 Å². The van der Waals surface area contributed by atoms with E-state index in [1.54, 1.807) is 48.5 Å². The van der Waals surface area contributed by atoms with Crippen molar-refractivity contribution in [3.63, 3.8) is 0 Å². The molecule has 1 amide bonds. The normalized spacial score (nSPS) is 10.3. The van der Waals surface area contributed by atoms with Crippen molar-refractivity contribution >= 4 is 46.7 Å². The maximum absolute atomic E-state index is 12.3. The third kappa shape index (κ3) is 9.39. The van der Waals surface area contributed by atoms with Crippen LogP contribution in [0.25, 0.3) is 0 Å². The van der Waals surface area contributed by atoms with Gasteiger partial charge in [0.05, 0.1) is 12.7 Å². The fraction of sp³-hybridized carbons (Fsp3) is 0.207. The number of hydrogen-bond acceptors (Lipinski definition) is 8. The molecular weight excluding hydrogens is 526 g/mol. The van der Waals surface area contributed by atoms with E-state index in [0.717, 1.165) is 0 Å². The Bertz CT molecular complexity index is 1320. The van der Waals surface area contributed by atoms with Crippen LogP contribution >= 0.6 is 11.6 Å². The molecule has 0 radical (unpaired) electrons. The van der Waals surface area contributed by atoms with Gasteiger partial charge in [-0.3, -0.25) is 19.2 Å². The summed E-state index contributed by atoms with van der Waals surface area (Å²) in [5.41, 5.74) is 1.43. The van der Waals surface area contributed by atoms with E-state index in [2.05, 4.69) is 5.32 Å². The van der Waals surface area contributed by atoms with E-state index in [9.17, 15) is 24.0 Å². The van der Waals surface area contributed by atoms with Crippen molar-refractivity contribution in [1.82, 2.24) is 0 Å². The van der Waals surface area contributed by atoms with Gasteiger partial charge in [-0.25, -0.2) is 4.79 Å². The first-order chi connectivity index (χ1) is 18.7. The van der Waals surface area contributed by atoms with Gasteiger partial charge in [0, 0.05) is 34.7 Å². The van der Waals surface area contributed by atoms with Crippen LogP contribution in [0.2, 0.25) is 5.02 Å². The van der Waals surface area contributed by atoms with Crippen LogP contribution in [0, 0.1) is 0 Å². The molecule has 0 bridgehead atoms. The van der Waals surface area contributed by atoms with Gasteiger partial charge >= 0.3 is 11.9 Å². The standard InChI is InChI=1S/C29H26ClNO8/c1-37-24-15-9-20(10-16-24)26(33)18-39-29(36)21-7-13-23(14-8-21)31-27(34)3-2-4-28(35)38-17-25(32)19-5-11-22(30)12-6-19/h5-16H,2-4,17-18H2,1H3,(H,31,34). The van der Waals surface area contributed by atoms with Crippen molar-refractivity contribution in [3.8, 4) is 5.75 Å². The first-order valence-electron chi connectivity index (χ1n) is 11.9. The van der Waals surface area contributed by atoms with E-state index < -0.39 is 25.2 Å². The van der Waals surface area contributed by atoms with Crippen molar-refractivity contribution in [1.29, 1.82) is 0 Å². The first kappa shape index (κ1) is 29.1. The summed E-state index contributed by atoms with van der Waals surface area (Å²) in [4.78, 5) is 60.5. The summed E-state index contributed by atoms with van der Waals surface area (Å²) in [6.45, 7) is -0.807. The summed E-state index contributed by atoms with van der Waals surface area (Å²) in [6.07, 6.45) is 0.255. The van der Waals surface area contributed by atoms with Gasteiger partial charge < -0.3 is 19.5 Å². The van der Waals surface area contributed by atoms with E-state index >= 15 is 0 Å². The number of amides is 1. The Morgan fingerprint density at radius 2 is 1.23 bits per heavy atom. The number of carbonyl (C=O) groups is 5. The molecule has 10 heteroatoms. The number of methoxy groups -OCH3 is 1. The second-order valence-electron chi connectivity index (χ2n) is 8.30. The molecule has 0 aromatic heterocycles. The van der Waals surface area contributed by atoms with Crippen LogP contribution in [0.15, 0.2) is 72.8 Å². The fourth-order valence-electron chi connectivity index (χ4n) is 3.32. The number of ketones is 2. The average Bonchev–Trinajstić information content (AvgIpc) is 2.95. The Morgan fingerprint density at radius 3 is 1.82 bits per heavy atom. The number of benzene rings is 3.